The molecule has 0 aliphatic rings. The van der Waals surface area contributed by atoms with Gasteiger partial charge in [-0.3, -0.25) is 0 Å². The number of methoxy groups -OCH3 is 1. The normalized spacial score (nSPS) is 10.7. The van der Waals surface area contributed by atoms with Gasteiger partial charge in [-0.25, -0.2) is 0 Å². The van der Waals surface area contributed by atoms with Gasteiger partial charge >= 0.3 is 6.01 Å². The Kier molecular flexibility index (Phi) is 6.74. The van der Waals surface area contributed by atoms with Crippen LogP contribution in [0.2, 0.25) is 0 Å². The van der Waals surface area contributed by atoms with Gasteiger partial charge in [-0.05, 0) is 20.5 Å². The molecule has 0 radical (unpaired) electrons. The van der Waals surface area contributed by atoms with Gasteiger partial charge in [0.25, 0.3) is 0 Å². The highest BCUT2D eigenvalue weighted by Crippen LogP contribution is 2.17. The van der Waals surface area contributed by atoms with E-state index in [9.17, 15) is 0 Å². The largest absolute Gasteiger partial charge is 0.467 e. The highest BCUT2D eigenvalue weighted by molar-refractivity contribution is 7.99. The maximum absolute atomic E-state index is 5.08. The van der Waals surface area contributed by atoms with Crippen LogP contribution in [0.4, 0.5) is 5.95 Å². The second-order valence-corrected chi connectivity index (χ2v) is 5.07. The zero-order valence-corrected chi connectivity index (χ0v) is 12.3. The first kappa shape index (κ1) is 15.0. The summed E-state index contributed by atoms with van der Waals surface area (Å²) in [6, 6.07) is 0.357. The van der Waals surface area contributed by atoms with Crippen LogP contribution >= 0.6 is 11.8 Å². The number of hydrogen-bond donors (Lipinski definition) is 1. The summed E-state index contributed by atoms with van der Waals surface area (Å²) in [5.41, 5.74) is 0. The fraction of sp³-hybridized carbons (Fsp3) is 0.727. The maximum Gasteiger partial charge on any atom is 0.321 e. The van der Waals surface area contributed by atoms with Crippen LogP contribution in [0, 0.1) is 0 Å². The average molecular weight is 271 g/mol. The number of ether oxygens (including phenoxy) is 1. The van der Waals surface area contributed by atoms with Crippen LogP contribution in [0.1, 0.15) is 13.3 Å². The van der Waals surface area contributed by atoms with Crippen LogP contribution in [-0.2, 0) is 0 Å². The molecule has 1 heterocycles. The highest BCUT2D eigenvalue weighted by Gasteiger charge is 2.07. The van der Waals surface area contributed by atoms with Crippen molar-refractivity contribution in [2.75, 3.05) is 45.4 Å². The Morgan fingerprint density at radius 2 is 2.06 bits per heavy atom. The van der Waals surface area contributed by atoms with Crippen molar-refractivity contribution in [1.82, 2.24) is 19.9 Å². The lowest BCUT2D eigenvalue weighted by atomic mass is 10.5. The van der Waals surface area contributed by atoms with Gasteiger partial charge < -0.3 is 15.0 Å². The third-order valence-corrected chi connectivity index (χ3v) is 2.91. The van der Waals surface area contributed by atoms with E-state index in [1.807, 2.05) is 14.1 Å². The highest BCUT2D eigenvalue weighted by atomic mass is 32.2. The number of hydrogen-bond acceptors (Lipinski definition) is 7. The summed E-state index contributed by atoms with van der Waals surface area (Å²) in [7, 11) is 5.65. The van der Waals surface area contributed by atoms with Crippen molar-refractivity contribution in [3.8, 4) is 6.01 Å². The van der Waals surface area contributed by atoms with Crippen molar-refractivity contribution in [2.24, 2.45) is 0 Å². The molecule has 0 amide bonds. The Bertz CT molecular complexity index is 361. The summed E-state index contributed by atoms with van der Waals surface area (Å²) < 4.78 is 5.08. The van der Waals surface area contributed by atoms with Crippen molar-refractivity contribution in [3.63, 3.8) is 0 Å². The van der Waals surface area contributed by atoms with Gasteiger partial charge in [0.2, 0.25) is 5.95 Å². The van der Waals surface area contributed by atoms with Crippen LogP contribution < -0.4 is 10.1 Å². The predicted molar refractivity (Wildman–Crippen MR) is 74.4 cm³/mol. The summed E-state index contributed by atoms with van der Waals surface area (Å²) in [6.07, 6.45) is 1.02. The molecule has 0 saturated heterocycles. The lowest BCUT2D eigenvalue weighted by Gasteiger charge is -2.09. The van der Waals surface area contributed by atoms with E-state index in [0.29, 0.717) is 17.1 Å². The summed E-state index contributed by atoms with van der Waals surface area (Å²) in [6.45, 7) is 3.92. The smallest absolute Gasteiger partial charge is 0.321 e. The number of rotatable bonds is 8. The standard InChI is InChI=1S/C11H21N5OS/c1-5-6-12-9-13-10(17-4)15-11(14-9)18-8-7-16(2)3/h5-8H2,1-4H3,(H,12,13,14,15). The summed E-state index contributed by atoms with van der Waals surface area (Å²) in [4.78, 5) is 14.8. The molecule has 0 atom stereocenters. The number of nitrogens with one attached hydrogen (secondary N) is 1. The zero-order valence-electron chi connectivity index (χ0n) is 11.4. The molecule has 1 aromatic heterocycles. The molecule has 0 aliphatic carbocycles. The Morgan fingerprint density at radius 3 is 2.67 bits per heavy atom. The van der Waals surface area contributed by atoms with E-state index in [-0.39, 0.29) is 0 Å². The van der Waals surface area contributed by atoms with Gasteiger partial charge in [-0.1, -0.05) is 18.7 Å². The van der Waals surface area contributed by atoms with E-state index < -0.39 is 0 Å². The average Bonchev–Trinajstić information content (AvgIpc) is 2.35. The predicted octanol–water partition coefficient (Wildman–Crippen LogP) is 1.36. The van der Waals surface area contributed by atoms with Crippen molar-refractivity contribution in [3.05, 3.63) is 0 Å². The minimum Gasteiger partial charge on any atom is -0.467 e. The molecule has 7 heteroatoms. The first-order valence-electron chi connectivity index (χ1n) is 5.97. The minimum atomic E-state index is 0.357. The monoisotopic (exact) mass is 271 g/mol. The zero-order chi connectivity index (χ0) is 13.4. The molecule has 1 N–H and O–H groups in total. The molecule has 0 aromatic carbocycles. The molecule has 0 bridgehead atoms. The van der Waals surface area contributed by atoms with E-state index in [1.54, 1.807) is 18.9 Å². The Labute approximate surface area is 113 Å². The minimum absolute atomic E-state index is 0.357. The quantitative estimate of drug-likeness (QED) is 0.716. The molecular formula is C11H21N5OS. The molecular weight excluding hydrogens is 250 g/mol. The lowest BCUT2D eigenvalue weighted by molar-refractivity contribution is 0.373. The molecule has 102 valence electrons. The fourth-order valence-electron chi connectivity index (χ4n) is 1.13. The van der Waals surface area contributed by atoms with E-state index in [0.717, 1.165) is 25.3 Å². The first-order chi connectivity index (χ1) is 8.65. The Balaban J connectivity index is 2.64. The number of aromatic nitrogens is 3. The lowest BCUT2D eigenvalue weighted by Crippen LogP contribution is -2.15. The second-order valence-electron chi connectivity index (χ2n) is 4.01. The van der Waals surface area contributed by atoms with Crippen LogP contribution in [0.5, 0.6) is 6.01 Å². The van der Waals surface area contributed by atoms with Crippen LogP contribution in [0.25, 0.3) is 0 Å². The van der Waals surface area contributed by atoms with Crippen molar-refractivity contribution < 1.29 is 4.74 Å². The number of thioether (sulfide) groups is 1. The van der Waals surface area contributed by atoms with E-state index >= 15 is 0 Å². The van der Waals surface area contributed by atoms with Crippen LogP contribution in [-0.4, -0.2) is 59.9 Å². The second kappa shape index (κ2) is 8.10. The van der Waals surface area contributed by atoms with Crippen LogP contribution in [0.3, 0.4) is 0 Å². The number of nitrogens with zero attached hydrogens (tertiary/aromatic N) is 4. The van der Waals surface area contributed by atoms with Gasteiger partial charge in [0.05, 0.1) is 7.11 Å². The fourth-order valence-corrected chi connectivity index (χ4v) is 2.06. The van der Waals surface area contributed by atoms with Crippen molar-refractivity contribution in [2.45, 2.75) is 18.5 Å². The molecule has 6 nitrogen and oxygen atoms in total. The van der Waals surface area contributed by atoms with Crippen LogP contribution in [0.15, 0.2) is 5.16 Å². The third-order valence-electron chi connectivity index (χ3n) is 2.08. The Morgan fingerprint density at radius 1 is 1.28 bits per heavy atom. The van der Waals surface area contributed by atoms with Gasteiger partial charge in [0.1, 0.15) is 0 Å². The van der Waals surface area contributed by atoms with E-state index in [4.69, 9.17) is 4.74 Å². The number of anilines is 1. The summed E-state index contributed by atoms with van der Waals surface area (Å²) in [5, 5.41) is 3.84. The molecule has 1 rings (SSSR count). The summed E-state index contributed by atoms with van der Waals surface area (Å²) >= 11 is 1.60. The molecule has 0 unspecified atom stereocenters. The van der Waals surface area contributed by atoms with Gasteiger partial charge in [-0.15, -0.1) is 0 Å². The SMILES string of the molecule is CCCNc1nc(OC)nc(SCCN(C)C)n1. The molecule has 0 fully saturated rings. The van der Waals surface area contributed by atoms with Crippen molar-refractivity contribution >= 4 is 17.7 Å². The molecule has 1 aromatic rings. The van der Waals surface area contributed by atoms with Gasteiger partial charge in [0.15, 0.2) is 5.16 Å². The van der Waals surface area contributed by atoms with Crippen molar-refractivity contribution in [1.29, 1.82) is 0 Å². The molecule has 0 aliphatic heterocycles. The summed E-state index contributed by atoms with van der Waals surface area (Å²) in [5.74, 6) is 1.52. The molecule has 0 spiro atoms. The van der Waals surface area contributed by atoms with Gasteiger partial charge in [-0.2, -0.15) is 15.0 Å². The topological polar surface area (TPSA) is 63.2 Å². The molecule has 0 saturated carbocycles. The first-order valence-corrected chi connectivity index (χ1v) is 6.95. The van der Waals surface area contributed by atoms with E-state index in [1.165, 1.54) is 0 Å². The maximum atomic E-state index is 5.08. The third kappa shape index (κ3) is 5.50. The Hall–Kier alpha value is -1.08. The van der Waals surface area contributed by atoms with Gasteiger partial charge in [0, 0.05) is 18.8 Å². The van der Waals surface area contributed by atoms with E-state index in [2.05, 4.69) is 32.1 Å². The molecule has 18 heavy (non-hydrogen) atoms.